The summed E-state index contributed by atoms with van der Waals surface area (Å²) in [6.45, 7) is 3.15. The minimum Gasteiger partial charge on any atom is -0.496 e. The van der Waals surface area contributed by atoms with Crippen molar-refractivity contribution in [2.45, 2.75) is 51.1 Å². The van der Waals surface area contributed by atoms with Crippen LogP contribution in [0.1, 0.15) is 44.1 Å². The van der Waals surface area contributed by atoms with Gasteiger partial charge in [-0.05, 0) is 45.5 Å². The highest BCUT2D eigenvalue weighted by molar-refractivity contribution is 5.32. The molecule has 2 rings (SSSR count). The zero-order chi connectivity index (χ0) is 14.9. The molecule has 0 heterocycles. The minimum atomic E-state index is 0.827. The van der Waals surface area contributed by atoms with Crippen LogP contribution in [0, 0.1) is 0 Å². The zero-order valence-corrected chi connectivity index (χ0v) is 13.6. The van der Waals surface area contributed by atoms with Gasteiger partial charge in [-0.2, -0.15) is 0 Å². The van der Waals surface area contributed by atoms with Crippen molar-refractivity contribution in [3.05, 3.63) is 29.8 Å². The fraction of sp³-hybridized carbons (Fsp3) is 0.667. The monoisotopic (exact) mass is 290 g/mol. The van der Waals surface area contributed by atoms with Crippen molar-refractivity contribution >= 4 is 0 Å². The maximum atomic E-state index is 5.37. The molecule has 3 heteroatoms. The topological polar surface area (TPSA) is 24.5 Å². The first-order chi connectivity index (χ1) is 10.3. The second-order valence-electron chi connectivity index (χ2n) is 6.11. The van der Waals surface area contributed by atoms with Crippen LogP contribution in [0.25, 0.3) is 0 Å². The van der Waals surface area contributed by atoms with Gasteiger partial charge in [0, 0.05) is 18.2 Å². The molecule has 1 aliphatic carbocycles. The molecule has 21 heavy (non-hydrogen) atoms. The van der Waals surface area contributed by atoms with Crippen molar-refractivity contribution in [1.82, 2.24) is 10.2 Å². The molecule has 0 radical (unpaired) electrons. The largest absolute Gasteiger partial charge is 0.496 e. The van der Waals surface area contributed by atoms with Crippen LogP contribution in [0.4, 0.5) is 0 Å². The van der Waals surface area contributed by atoms with Crippen LogP contribution in [-0.4, -0.2) is 38.2 Å². The molecule has 0 unspecified atom stereocenters. The van der Waals surface area contributed by atoms with E-state index in [4.69, 9.17) is 4.74 Å². The average Bonchev–Trinajstić information content (AvgIpc) is 2.55. The van der Waals surface area contributed by atoms with Crippen molar-refractivity contribution in [1.29, 1.82) is 0 Å². The summed E-state index contributed by atoms with van der Waals surface area (Å²) in [5.41, 5.74) is 1.24. The Morgan fingerprint density at radius 3 is 2.71 bits per heavy atom. The quantitative estimate of drug-likeness (QED) is 0.742. The fourth-order valence-corrected chi connectivity index (χ4v) is 3.23. The van der Waals surface area contributed by atoms with Crippen LogP contribution in [-0.2, 0) is 6.54 Å². The third-order valence-corrected chi connectivity index (χ3v) is 4.57. The number of para-hydroxylation sites is 1. The number of hydrogen-bond acceptors (Lipinski definition) is 3. The van der Waals surface area contributed by atoms with E-state index in [-0.39, 0.29) is 0 Å². The summed E-state index contributed by atoms with van der Waals surface area (Å²) in [5, 5.41) is 3.53. The number of benzene rings is 1. The first-order valence-corrected chi connectivity index (χ1v) is 8.34. The third-order valence-electron chi connectivity index (χ3n) is 4.57. The van der Waals surface area contributed by atoms with Gasteiger partial charge < -0.3 is 15.0 Å². The van der Waals surface area contributed by atoms with Crippen molar-refractivity contribution in [3.8, 4) is 5.75 Å². The van der Waals surface area contributed by atoms with Gasteiger partial charge in [0.25, 0.3) is 0 Å². The SMILES string of the molecule is COc1ccccc1CNCCCN(C)C1CCCCC1. The molecule has 0 aliphatic heterocycles. The molecule has 1 aromatic carbocycles. The Hall–Kier alpha value is -1.06. The van der Waals surface area contributed by atoms with Crippen LogP contribution >= 0.6 is 0 Å². The van der Waals surface area contributed by atoms with Gasteiger partial charge in [-0.1, -0.05) is 37.5 Å². The van der Waals surface area contributed by atoms with Gasteiger partial charge in [0.15, 0.2) is 0 Å². The molecule has 1 fully saturated rings. The first kappa shape index (κ1) is 16.3. The summed E-state index contributed by atoms with van der Waals surface area (Å²) in [6.07, 6.45) is 8.27. The summed E-state index contributed by atoms with van der Waals surface area (Å²) in [7, 11) is 4.02. The summed E-state index contributed by atoms with van der Waals surface area (Å²) in [4.78, 5) is 2.56. The van der Waals surface area contributed by atoms with Gasteiger partial charge in [-0.3, -0.25) is 0 Å². The molecule has 0 atom stereocenters. The highest BCUT2D eigenvalue weighted by Gasteiger charge is 2.17. The Bertz CT molecular complexity index is 402. The van der Waals surface area contributed by atoms with E-state index in [1.807, 2.05) is 12.1 Å². The second-order valence-corrected chi connectivity index (χ2v) is 6.11. The van der Waals surface area contributed by atoms with Crippen molar-refractivity contribution in [2.75, 3.05) is 27.2 Å². The second kappa shape index (κ2) is 9.06. The van der Waals surface area contributed by atoms with E-state index in [1.165, 1.54) is 50.6 Å². The van der Waals surface area contributed by atoms with E-state index in [1.54, 1.807) is 7.11 Å². The smallest absolute Gasteiger partial charge is 0.123 e. The predicted octanol–water partition coefficient (Wildman–Crippen LogP) is 3.44. The molecule has 0 amide bonds. The number of nitrogens with zero attached hydrogens (tertiary/aromatic N) is 1. The molecule has 1 aromatic rings. The highest BCUT2D eigenvalue weighted by Crippen LogP contribution is 2.21. The van der Waals surface area contributed by atoms with Gasteiger partial charge in [0.1, 0.15) is 5.75 Å². The van der Waals surface area contributed by atoms with Gasteiger partial charge >= 0.3 is 0 Å². The van der Waals surface area contributed by atoms with Gasteiger partial charge in [-0.15, -0.1) is 0 Å². The zero-order valence-electron chi connectivity index (χ0n) is 13.6. The van der Waals surface area contributed by atoms with Crippen LogP contribution < -0.4 is 10.1 Å². The lowest BCUT2D eigenvalue weighted by Gasteiger charge is -2.31. The Labute approximate surface area is 129 Å². The number of hydrogen-bond donors (Lipinski definition) is 1. The van der Waals surface area contributed by atoms with Crippen LogP contribution in [0.2, 0.25) is 0 Å². The molecule has 3 nitrogen and oxygen atoms in total. The first-order valence-electron chi connectivity index (χ1n) is 8.34. The molecular weight excluding hydrogens is 260 g/mol. The molecular formula is C18H30N2O. The van der Waals surface area contributed by atoms with Crippen molar-refractivity contribution in [2.24, 2.45) is 0 Å². The molecule has 118 valence electrons. The van der Waals surface area contributed by atoms with Crippen LogP contribution in [0.15, 0.2) is 24.3 Å². The predicted molar refractivity (Wildman–Crippen MR) is 88.8 cm³/mol. The molecule has 0 spiro atoms. The molecule has 0 saturated heterocycles. The van der Waals surface area contributed by atoms with Gasteiger partial charge in [0.2, 0.25) is 0 Å². The molecule has 0 bridgehead atoms. The lowest BCUT2D eigenvalue weighted by atomic mass is 9.94. The maximum Gasteiger partial charge on any atom is 0.123 e. The highest BCUT2D eigenvalue weighted by atomic mass is 16.5. The van der Waals surface area contributed by atoms with Crippen molar-refractivity contribution in [3.63, 3.8) is 0 Å². The van der Waals surface area contributed by atoms with E-state index < -0.39 is 0 Å². The van der Waals surface area contributed by atoms with Crippen molar-refractivity contribution < 1.29 is 4.74 Å². The van der Waals surface area contributed by atoms with E-state index in [0.717, 1.165) is 24.9 Å². The molecule has 1 N–H and O–H groups in total. The van der Waals surface area contributed by atoms with Crippen LogP contribution in [0.5, 0.6) is 5.75 Å². The number of nitrogens with one attached hydrogen (secondary N) is 1. The van der Waals surface area contributed by atoms with Crippen LogP contribution in [0.3, 0.4) is 0 Å². The van der Waals surface area contributed by atoms with Gasteiger partial charge in [-0.25, -0.2) is 0 Å². The third kappa shape index (κ3) is 5.33. The molecule has 1 aliphatic rings. The normalized spacial score (nSPS) is 16.3. The maximum absolute atomic E-state index is 5.37. The van der Waals surface area contributed by atoms with E-state index in [0.29, 0.717) is 0 Å². The number of rotatable bonds is 8. The van der Waals surface area contributed by atoms with Gasteiger partial charge in [0.05, 0.1) is 7.11 Å². The lowest BCUT2D eigenvalue weighted by Crippen LogP contribution is -2.35. The Balaban J connectivity index is 1.61. The fourth-order valence-electron chi connectivity index (χ4n) is 3.23. The standard InChI is InChI=1S/C18H30N2O/c1-20(17-10-4-3-5-11-17)14-8-13-19-15-16-9-6-7-12-18(16)21-2/h6-7,9,12,17,19H,3-5,8,10-11,13-15H2,1-2H3. The van der Waals surface area contributed by atoms with E-state index in [9.17, 15) is 0 Å². The Morgan fingerprint density at radius 1 is 1.19 bits per heavy atom. The van der Waals surface area contributed by atoms with E-state index >= 15 is 0 Å². The van der Waals surface area contributed by atoms with E-state index in [2.05, 4.69) is 29.4 Å². The Morgan fingerprint density at radius 2 is 1.95 bits per heavy atom. The average molecular weight is 290 g/mol. The molecule has 0 aromatic heterocycles. The summed E-state index contributed by atoms with van der Waals surface area (Å²) in [5.74, 6) is 0.976. The number of methoxy groups -OCH3 is 1. The lowest BCUT2D eigenvalue weighted by molar-refractivity contribution is 0.189. The summed E-state index contributed by atoms with van der Waals surface area (Å²) in [6, 6.07) is 9.05. The minimum absolute atomic E-state index is 0.827. The molecule has 1 saturated carbocycles. The summed E-state index contributed by atoms with van der Waals surface area (Å²) >= 11 is 0. The number of ether oxygens (including phenoxy) is 1. The summed E-state index contributed by atoms with van der Waals surface area (Å²) < 4.78 is 5.37. The Kier molecular flexibility index (Phi) is 7.04.